The minimum absolute atomic E-state index is 0.0197. The Morgan fingerprint density at radius 1 is 0.606 bits per heavy atom. The molecule has 0 N–H and O–H groups in total. The number of anilines is 2. The van der Waals surface area contributed by atoms with Gasteiger partial charge in [0.05, 0.1) is 0 Å². The van der Waals surface area contributed by atoms with Crippen LogP contribution < -0.4 is 4.90 Å². The molecule has 0 bridgehead atoms. The summed E-state index contributed by atoms with van der Waals surface area (Å²) in [5.41, 5.74) is 12.0. The zero-order valence-electron chi connectivity index (χ0n) is 20.6. The molecule has 0 aliphatic heterocycles. The fraction of sp³-hybridized carbons (Fsp3) is 0.250. The minimum Gasteiger partial charge on any atom is -0.345 e. The lowest BCUT2D eigenvalue weighted by molar-refractivity contribution is 0.590. The van der Waals surface area contributed by atoms with Gasteiger partial charge in [0.1, 0.15) is 0 Å². The highest BCUT2D eigenvalue weighted by Gasteiger charge is 2.35. The van der Waals surface area contributed by atoms with Crippen molar-refractivity contribution in [1.29, 1.82) is 0 Å². The van der Waals surface area contributed by atoms with Crippen molar-refractivity contribution in [2.45, 2.75) is 45.4 Å². The van der Waals surface area contributed by atoms with Gasteiger partial charge in [-0.15, -0.1) is 0 Å². The summed E-state index contributed by atoms with van der Waals surface area (Å²) in [7, 11) is 2.16. The van der Waals surface area contributed by atoms with Crippen LogP contribution in [-0.4, -0.2) is 7.05 Å². The first-order valence-electron chi connectivity index (χ1n) is 11.9. The Morgan fingerprint density at radius 2 is 1.15 bits per heavy atom. The molecular formula is C32H33N. The molecule has 1 nitrogen and oxygen atoms in total. The van der Waals surface area contributed by atoms with Gasteiger partial charge in [-0.1, -0.05) is 101 Å². The maximum absolute atomic E-state index is 2.37. The van der Waals surface area contributed by atoms with Gasteiger partial charge in [-0.05, 0) is 68.6 Å². The Hall–Kier alpha value is -3.32. The fourth-order valence-electron chi connectivity index (χ4n) is 5.09. The average molecular weight is 432 g/mol. The van der Waals surface area contributed by atoms with Crippen molar-refractivity contribution in [2.24, 2.45) is 0 Å². The van der Waals surface area contributed by atoms with Gasteiger partial charge in [0.25, 0.3) is 0 Å². The predicted octanol–water partition coefficient (Wildman–Crippen LogP) is 8.73. The highest BCUT2D eigenvalue weighted by Crippen LogP contribution is 2.49. The van der Waals surface area contributed by atoms with Crippen molar-refractivity contribution in [3.63, 3.8) is 0 Å². The number of fused-ring (bicyclic) bond motifs is 3. The molecule has 0 fully saturated rings. The number of hydrogen-bond donors (Lipinski definition) is 0. The van der Waals surface area contributed by atoms with E-state index in [4.69, 9.17) is 0 Å². The van der Waals surface area contributed by atoms with E-state index in [1.807, 2.05) is 0 Å². The van der Waals surface area contributed by atoms with Crippen LogP contribution in [0.2, 0.25) is 0 Å². The molecule has 0 atom stereocenters. The summed E-state index contributed by atoms with van der Waals surface area (Å²) in [6.45, 7) is 11.4. The van der Waals surface area contributed by atoms with E-state index in [2.05, 4.69) is 138 Å². The second-order valence-electron chi connectivity index (χ2n) is 10.8. The van der Waals surface area contributed by atoms with E-state index in [0.717, 1.165) is 0 Å². The standard InChI is InChI=1S/C32H33N/c1-31(2,3)24-15-11-22(12-16-24)23-13-17-25(18-14-23)33(6)26-19-20-28-27-9-7-8-10-29(27)32(4,5)30(28)21-26/h7-21H,1-6H3. The van der Waals surface area contributed by atoms with Crippen molar-refractivity contribution in [2.75, 3.05) is 11.9 Å². The number of benzene rings is 4. The van der Waals surface area contributed by atoms with Crippen LogP contribution in [0.3, 0.4) is 0 Å². The zero-order chi connectivity index (χ0) is 23.4. The van der Waals surface area contributed by atoms with E-state index in [1.165, 1.54) is 50.3 Å². The highest BCUT2D eigenvalue weighted by molar-refractivity contribution is 5.83. The van der Waals surface area contributed by atoms with Crippen molar-refractivity contribution >= 4 is 11.4 Å². The summed E-state index contributed by atoms with van der Waals surface area (Å²) in [4.78, 5) is 2.28. The van der Waals surface area contributed by atoms with Crippen LogP contribution in [-0.2, 0) is 10.8 Å². The van der Waals surface area contributed by atoms with Gasteiger partial charge < -0.3 is 4.90 Å². The molecule has 4 aromatic carbocycles. The van der Waals surface area contributed by atoms with Gasteiger partial charge >= 0.3 is 0 Å². The van der Waals surface area contributed by atoms with Crippen LogP contribution in [0, 0.1) is 0 Å². The molecule has 1 aliphatic carbocycles. The molecule has 0 saturated carbocycles. The Bertz CT molecular complexity index is 1300. The summed E-state index contributed by atoms with van der Waals surface area (Å²) in [5.74, 6) is 0. The topological polar surface area (TPSA) is 3.24 Å². The van der Waals surface area contributed by atoms with E-state index < -0.39 is 0 Å². The Labute approximate surface area is 198 Å². The quantitative estimate of drug-likeness (QED) is 0.313. The van der Waals surface area contributed by atoms with E-state index >= 15 is 0 Å². The molecule has 4 aromatic rings. The molecule has 0 unspecified atom stereocenters. The van der Waals surface area contributed by atoms with Crippen LogP contribution in [0.25, 0.3) is 22.3 Å². The molecule has 0 radical (unpaired) electrons. The van der Waals surface area contributed by atoms with Gasteiger partial charge in [0, 0.05) is 23.8 Å². The molecule has 33 heavy (non-hydrogen) atoms. The van der Waals surface area contributed by atoms with Crippen molar-refractivity contribution < 1.29 is 0 Å². The lowest BCUT2D eigenvalue weighted by atomic mass is 9.82. The molecule has 5 rings (SSSR count). The molecule has 0 amide bonds. The van der Waals surface area contributed by atoms with Crippen LogP contribution in [0.4, 0.5) is 11.4 Å². The van der Waals surface area contributed by atoms with Crippen molar-refractivity contribution in [3.8, 4) is 22.3 Å². The van der Waals surface area contributed by atoms with Crippen molar-refractivity contribution in [3.05, 3.63) is 108 Å². The summed E-state index contributed by atoms with van der Waals surface area (Å²) in [6, 6.07) is 33.6. The number of rotatable bonds is 3. The molecule has 0 heterocycles. The lowest BCUT2D eigenvalue weighted by Gasteiger charge is -2.25. The monoisotopic (exact) mass is 431 g/mol. The molecule has 0 aromatic heterocycles. The van der Waals surface area contributed by atoms with E-state index in [9.17, 15) is 0 Å². The first kappa shape index (κ1) is 21.5. The molecule has 0 saturated heterocycles. The number of nitrogens with zero attached hydrogens (tertiary/aromatic N) is 1. The molecule has 0 spiro atoms. The van der Waals surface area contributed by atoms with E-state index in [0.29, 0.717) is 0 Å². The normalized spacial score (nSPS) is 14.0. The Balaban J connectivity index is 1.42. The third-order valence-electron chi connectivity index (χ3n) is 7.29. The summed E-state index contributed by atoms with van der Waals surface area (Å²) < 4.78 is 0. The summed E-state index contributed by atoms with van der Waals surface area (Å²) >= 11 is 0. The first-order valence-corrected chi connectivity index (χ1v) is 11.9. The SMILES string of the molecule is CN(c1ccc(-c2ccc(C(C)(C)C)cc2)cc1)c1ccc2c(c1)C(C)(C)c1ccccc1-2. The Morgan fingerprint density at radius 3 is 1.79 bits per heavy atom. The maximum Gasteiger partial charge on any atom is 0.0411 e. The van der Waals surface area contributed by atoms with Crippen LogP contribution in [0.15, 0.2) is 91.0 Å². The van der Waals surface area contributed by atoms with Crippen LogP contribution in [0.5, 0.6) is 0 Å². The first-order chi connectivity index (χ1) is 15.7. The second-order valence-corrected chi connectivity index (χ2v) is 10.8. The van der Waals surface area contributed by atoms with E-state index in [-0.39, 0.29) is 10.8 Å². The van der Waals surface area contributed by atoms with Crippen LogP contribution in [0.1, 0.15) is 51.3 Å². The maximum atomic E-state index is 2.37. The van der Waals surface area contributed by atoms with Gasteiger partial charge in [-0.3, -0.25) is 0 Å². The van der Waals surface area contributed by atoms with Gasteiger partial charge in [-0.2, -0.15) is 0 Å². The fourth-order valence-corrected chi connectivity index (χ4v) is 5.09. The number of hydrogen-bond acceptors (Lipinski definition) is 1. The van der Waals surface area contributed by atoms with Gasteiger partial charge in [0.2, 0.25) is 0 Å². The molecule has 1 heteroatoms. The van der Waals surface area contributed by atoms with Crippen LogP contribution >= 0.6 is 0 Å². The minimum atomic E-state index is 0.0197. The van der Waals surface area contributed by atoms with E-state index in [1.54, 1.807) is 0 Å². The Kier molecular flexibility index (Phi) is 4.97. The zero-order valence-corrected chi connectivity index (χ0v) is 20.6. The smallest absolute Gasteiger partial charge is 0.0411 e. The average Bonchev–Trinajstić information content (AvgIpc) is 3.05. The molecular weight excluding hydrogens is 398 g/mol. The summed E-state index contributed by atoms with van der Waals surface area (Å²) in [5, 5.41) is 0. The highest BCUT2D eigenvalue weighted by atomic mass is 15.1. The summed E-state index contributed by atoms with van der Waals surface area (Å²) in [6.07, 6.45) is 0. The molecule has 166 valence electrons. The molecule has 1 aliphatic rings. The largest absolute Gasteiger partial charge is 0.345 e. The van der Waals surface area contributed by atoms with Gasteiger partial charge in [-0.25, -0.2) is 0 Å². The second kappa shape index (κ2) is 7.63. The third kappa shape index (κ3) is 3.66. The van der Waals surface area contributed by atoms with Gasteiger partial charge in [0.15, 0.2) is 0 Å². The van der Waals surface area contributed by atoms with Crippen molar-refractivity contribution in [1.82, 2.24) is 0 Å². The predicted molar refractivity (Wildman–Crippen MR) is 143 cm³/mol. The third-order valence-corrected chi connectivity index (χ3v) is 7.29. The lowest BCUT2D eigenvalue weighted by Crippen LogP contribution is -2.16.